The largest absolute Gasteiger partial charge is 0.466 e. The summed E-state index contributed by atoms with van der Waals surface area (Å²) in [7, 11) is 0. The van der Waals surface area contributed by atoms with Crippen molar-refractivity contribution < 1.29 is 9.53 Å². The molecule has 1 aromatic heterocycles. The number of hydrogen-bond acceptors (Lipinski definition) is 6. The van der Waals surface area contributed by atoms with Gasteiger partial charge in [-0.25, -0.2) is 0 Å². The molecule has 1 aliphatic heterocycles. The zero-order valence-corrected chi connectivity index (χ0v) is 15.7. The predicted octanol–water partition coefficient (Wildman–Crippen LogP) is 3.39. The van der Waals surface area contributed by atoms with Crippen molar-refractivity contribution >= 4 is 29.0 Å². The molecule has 5 nitrogen and oxygen atoms in total. The van der Waals surface area contributed by atoms with Crippen molar-refractivity contribution in [2.75, 3.05) is 6.54 Å². The number of rotatable bonds is 5. The molecular formula is C17H21N3O2S2. The molecule has 1 unspecified atom stereocenters. The molecule has 0 N–H and O–H groups in total. The highest BCUT2D eigenvalue weighted by Crippen LogP contribution is 2.32. The summed E-state index contributed by atoms with van der Waals surface area (Å²) >= 11 is 2.84. The first kappa shape index (κ1) is 17.2. The van der Waals surface area contributed by atoms with E-state index in [1.54, 1.807) is 0 Å². The first-order chi connectivity index (χ1) is 11.5. The summed E-state index contributed by atoms with van der Waals surface area (Å²) in [5.74, 6) is 0.149. The molecule has 1 aliphatic rings. The van der Waals surface area contributed by atoms with Gasteiger partial charge in [-0.05, 0) is 49.7 Å². The van der Waals surface area contributed by atoms with Crippen molar-refractivity contribution in [1.29, 1.82) is 0 Å². The third-order valence-electron chi connectivity index (χ3n) is 3.79. The van der Waals surface area contributed by atoms with Gasteiger partial charge in [-0.2, -0.15) is 0 Å². The molecule has 1 atom stereocenters. The van der Waals surface area contributed by atoms with Crippen LogP contribution in [0, 0.1) is 0 Å². The lowest BCUT2D eigenvalue weighted by Gasteiger charge is -2.30. The Morgan fingerprint density at radius 1 is 1.25 bits per heavy atom. The highest BCUT2D eigenvalue weighted by molar-refractivity contribution is 8.02. The monoisotopic (exact) mass is 363 g/mol. The zero-order chi connectivity index (χ0) is 17.1. The normalized spacial score (nSPS) is 15.2. The molecule has 0 saturated heterocycles. The van der Waals surface area contributed by atoms with Crippen LogP contribution in [-0.2, 0) is 17.8 Å². The molecule has 1 aromatic carbocycles. The lowest BCUT2D eigenvalue weighted by Crippen LogP contribution is -2.40. The SMILES string of the molecule is CC(C)Oc1nnc(SC(C)C(=O)N2CCc3ccccc3C2)s1. The third kappa shape index (κ3) is 4.08. The van der Waals surface area contributed by atoms with Gasteiger partial charge in [0.2, 0.25) is 5.91 Å². The number of fused-ring (bicyclic) bond motifs is 1. The molecule has 7 heteroatoms. The van der Waals surface area contributed by atoms with Gasteiger partial charge in [0, 0.05) is 13.1 Å². The summed E-state index contributed by atoms with van der Waals surface area (Å²) in [5.41, 5.74) is 2.60. The van der Waals surface area contributed by atoms with Gasteiger partial charge in [-0.3, -0.25) is 4.79 Å². The Morgan fingerprint density at radius 3 is 2.75 bits per heavy atom. The molecule has 24 heavy (non-hydrogen) atoms. The zero-order valence-electron chi connectivity index (χ0n) is 14.1. The molecule has 1 amide bonds. The fourth-order valence-corrected chi connectivity index (χ4v) is 4.67. The van der Waals surface area contributed by atoms with Crippen LogP contribution in [0.1, 0.15) is 31.9 Å². The van der Waals surface area contributed by atoms with Gasteiger partial charge in [-0.15, -0.1) is 5.10 Å². The average molecular weight is 364 g/mol. The van der Waals surface area contributed by atoms with E-state index in [4.69, 9.17) is 4.74 Å². The van der Waals surface area contributed by atoms with E-state index < -0.39 is 0 Å². The minimum Gasteiger partial charge on any atom is -0.466 e. The lowest BCUT2D eigenvalue weighted by atomic mass is 10.00. The van der Waals surface area contributed by atoms with E-state index in [0.717, 1.165) is 17.3 Å². The van der Waals surface area contributed by atoms with E-state index >= 15 is 0 Å². The predicted molar refractivity (Wildman–Crippen MR) is 96.6 cm³/mol. The second-order valence-electron chi connectivity index (χ2n) is 6.04. The Balaban J connectivity index is 1.60. The Kier molecular flexibility index (Phi) is 5.40. The Hall–Kier alpha value is -1.60. The highest BCUT2D eigenvalue weighted by Gasteiger charge is 2.26. The fourth-order valence-electron chi connectivity index (χ4n) is 2.64. The number of nitrogens with zero attached hydrogens (tertiary/aromatic N) is 3. The summed E-state index contributed by atoms with van der Waals surface area (Å²) in [5, 5.41) is 8.49. The van der Waals surface area contributed by atoms with Gasteiger partial charge in [0.05, 0.1) is 11.4 Å². The Morgan fingerprint density at radius 2 is 2.00 bits per heavy atom. The molecular weight excluding hydrogens is 342 g/mol. The number of hydrogen-bond donors (Lipinski definition) is 0. The third-order valence-corrected chi connectivity index (χ3v) is 5.78. The van der Waals surface area contributed by atoms with Crippen molar-refractivity contribution in [2.24, 2.45) is 0 Å². The van der Waals surface area contributed by atoms with Crippen LogP contribution in [0.5, 0.6) is 5.19 Å². The first-order valence-electron chi connectivity index (χ1n) is 8.05. The van der Waals surface area contributed by atoms with Crippen molar-refractivity contribution in [2.45, 2.75) is 49.4 Å². The molecule has 0 aliphatic carbocycles. The molecule has 0 bridgehead atoms. The highest BCUT2D eigenvalue weighted by atomic mass is 32.2. The summed E-state index contributed by atoms with van der Waals surface area (Å²) in [6.45, 7) is 7.30. The number of carbonyl (C=O) groups excluding carboxylic acids is 1. The molecule has 2 aromatic rings. The quantitative estimate of drug-likeness (QED) is 0.762. The number of amides is 1. The van der Waals surface area contributed by atoms with E-state index in [2.05, 4.69) is 28.4 Å². The van der Waals surface area contributed by atoms with E-state index in [1.165, 1.54) is 34.2 Å². The second-order valence-corrected chi connectivity index (χ2v) is 8.57. The van der Waals surface area contributed by atoms with Crippen molar-refractivity contribution in [1.82, 2.24) is 15.1 Å². The van der Waals surface area contributed by atoms with Crippen LogP contribution in [0.2, 0.25) is 0 Å². The van der Waals surface area contributed by atoms with E-state index in [0.29, 0.717) is 11.7 Å². The molecule has 128 valence electrons. The second kappa shape index (κ2) is 7.53. The van der Waals surface area contributed by atoms with Gasteiger partial charge < -0.3 is 9.64 Å². The van der Waals surface area contributed by atoms with Crippen LogP contribution in [0.4, 0.5) is 0 Å². The molecule has 2 heterocycles. The number of benzene rings is 1. The molecule has 3 rings (SSSR count). The van der Waals surface area contributed by atoms with Gasteiger partial charge in [0.15, 0.2) is 4.34 Å². The van der Waals surface area contributed by atoms with Gasteiger partial charge in [-0.1, -0.05) is 41.1 Å². The maximum Gasteiger partial charge on any atom is 0.295 e. The van der Waals surface area contributed by atoms with Crippen molar-refractivity contribution in [3.63, 3.8) is 0 Å². The van der Waals surface area contributed by atoms with Crippen LogP contribution in [0.15, 0.2) is 28.6 Å². The van der Waals surface area contributed by atoms with Crippen LogP contribution in [0.25, 0.3) is 0 Å². The first-order valence-corrected chi connectivity index (χ1v) is 9.75. The lowest BCUT2D eigenvalue weighted by molar-refractivity contribution is -0.131. The van der Waals surface area contributed by atoms with Crippen molar-refractivity contribution in [3.8, 4) is 5.19 Å². The van der Waals surface area contributed by atoms with Crippen LogP contribution < -0.4 is 4.74 Å². The Bertz CT molecular complexity index is 717. The summed E-state index contributed by atoms with van der Waals surface area (Å²) in [4.78, 5) is 14.7. The summed E-state index contributed by atoms with van der Waals surface area (Å²) in [6.07, 6.45) is 0.994. The smallest absolute Gasteiger partial charge is 0.295 e. The minimum atomic E-state index is -0.185. The summed E-state index contributed by atoms with van der Waals surface area (Å²) < 4.78 is 6.30. The van der Waals surface area contributed by atoms with Crippen LogP contribution >= 0.6 is 23.1 Å². The Labute approximate surface area is 150 Å². The number of thioether (sulfide) groups is 1. The molecule has 0 fully saturated rings. The van der Waals surface area contributed by atoms with Crippen LogP contribution in [0.3, 0.4) is 0 Å². The van der Waals surface area contributed by atoms with Crippen molar-refractivity contribution in [3.05, 3.63) is 35.4 Å². The number of aromatic nitrogens is 2. The van der Waals surface area contributed by atoms with E-state index in [9.17, 15) is 4.79 Å². The molecule has 0 saturated carbocycles. The van der Waals surface area contributed by atoms with E-state index in [-0.39, 0.29) is 17.3 Å². The van der Waals surface area contributed by atoms with Crippen LogP contribution in [-0.4, -0.2) is 38.9 Å². The maximum atomic E-state index is 12.7. The number of carbonyl (C=O) groups is 1. The topological polar surface area (TPSA) is 55.3 Å². The minimum absolute atomic E-state index is 0.0725. The van der Waals surface area contributed by atoms with Gasteiger partial charge in [0.1, 0.15) is 0 Å². The molecule has 0 radical (unpaired) electrons. The summed E-state index contributed by atoms with van der Waals surface area (Å²) in [6, 6.07) is 8.34. The maximum absolute atomic E-state index is 12.7. The van der Waals surface area contributed by atoms with Gasteiger partial charge in [0.25, 0.3) is 5.19 Å². The standard InChI is InChI=1S/C17H21N3O2S2/c1-11(2)22-16-18-19-17(24-16)23-12(3)15(21)20-9-8-13-6-4-5-7-14(13)10-20/h4-7,11-12H,8-10H2,1-3H3. The van der Waals surface area contributed by atoms with Gasteiger partial charge >= 0.3 is 0 Å². The molecule has 0 spiro atoms. The number of ether oxygens (including phenoxy) is 1. The fraction of sp³-hybridized carbons (Fsp3) is 0.471. The average Bonchev–Trinajstić information content (AvgIpc) is 2.99. The van der Waals surface area contributed by atoms with E-state index in [1.807, 2.05) is 31.7 Å².